The van der Waals surface area contributed by atoms with Gasteiger partial charge in [0.15, 0.2) is 5.65 Å². The lowest BCUT2D eigenvalue weighted by Crippen LogP contribution is -2.13. The summed E-state index contributed by atoms with van der Waals surface area (Å²) in [7, 11) is 0. The summed E-state index contributed by atoms with van der Waals surface area (Å²) in [5, 5.41) is 0. The molecule has 0 bridgehead atoms. The number of carbonyl (C=O) groups excluding carboxylic acids is 1. The van der Waals surface area contributed by atoms with Crippen LogP contribution in [0.25, 0.3) is 11.2 Å². The van der Waals surface area contributed by atoms with E-state index in [2.05, 4.69) is 15.0 Å². The maximum absolute atomic E-state index is 11.4. The molecule has 17 heavy (non-hydrogen) atoms. The van der Waals surface area contributed by atoms with Gasteiger partial charge in [0.05, 0.1) is 12.9 Å². The molecule has 0 aliphatic rings. The Hall–Kier alpha value is -1.45. The Kier molecular flexibility index (Phi) is 3.41. The van der Waals surface area contributed by atoms with Crippen LogP contribution in [0.15, 0.2) is 6.33 Å². The molecule has 7 nitrogen and oxygen atoms in total. The first-order chi connectivity index (χ1) is 8.11. The molecule has 0 aliphatic heterocycles. The Morgan fingerprint density at radius 3 is 3.06 bits per heavy atom. The van der Waals surface area contributed by atoms with E-state index in [0.717, 1.165) is 0 Å². The monoisotopic (exact) mass is 347 g/mol. The molecule has 0 amide bonds. The molecule has 0 radical (unpaired) electrons. The second-order valence-corrected chi connectivity index (χ2v) is 4.24. The number of carbonyl (C=O) groups is 1. The van der Waals surface area contributed by atoms with Crippen molar-refractivity contribution in [2.45, 2.75) is 13.5 Å². The van der Waals surface area contributed by atoms with Crippen LogP contribution in [0.1, 0.15) is 6.92 Å². The molecule has 0 atom stereocenters. The molecule has 2 aromatic heterocycles. The van der Waals surface area contributed by atoms with E-state index in [1.165, 1.54) is 6.33 Å². The summed E-state index contributed by atoms with van der Waals surface area (Å²) >= 11 is 2.02. The summed E-state index contributed by atoms with van der Waals surface area (Å²) in [4.78, 5) is 23.6. The zero-order chi connectivity index (χ0) is 12.4. The van der Waals surface area contributed by atoms with Crippen LogP contribution in [-0.2, 0) is 16.1 Å². The number of imidazole rings is 1. The second-order valence-electron chi connectivity index (χ2n) is 3.22. The topological polar surface area (TPSA) is 95.9 Å². The molecule has 90 valence electrons. The van der Waals surface area contributed by atoms with Crippen molar-refractivity contribution in [2.75, 3.05) is 12.3 Å². The smallest absolute Gasteiger partial charge is 0.326 e. The summed E-state index contributed by atoms with van der Waals surface area (Å²) in [6, 6.07) is 0. The van der Waals surface area contributed by atoms with Crippen LogP contribution in [0.2, 0.25) is 0 Å². The van der Waals surface area contributed by atoms with Gasteiger partial charge in [-0.25, -0.2) is 9.97 Å². The molecule has 2 heterocycles. The highest BCUT2D eigenvalue weighted by molar-refractivity contribution is 14.1. The molecule has 2 aromatic rings. The average molecular weight is 347 g/mol. The van der Waals surface area contributed by atoms with Crippen LogP contribution in [0.5, 0.6) is 0 Å². The molecule has 0 unspecified atom stereocenters. The first kappa shape index (κ1) is 12.0. The lowest BCUT2D eigenvalue weighted by Gasteiger charge is -2.03. The summed E-state index contributed by atoms with van der Waals surface area (Å²) in [6.45, 7) is 2.17. The number of rotatable bonds is 3. The number of hydrogen-bond acceptors (Lipinski definition) is 6. The SMILES string of the molecule is CCOC(=O)Cn1cnc2c(I)nc(N)nc21. The molecule has 0 aliphatic carbocycles. The van der Waals surface area contributed by atoms with Crippen molar-refractivity contribution in [3.63, 3.8) is 0 Å². The van der Waals surface area contributed by atoms with Gasteiger partial charge < -0.3 is 15.0 Å². The van der Waals surface area contributed by atoms with Gasteiger partial charge in [0.25, 0.3) is 0 Å². The predicted molar refractivity (Wildman–Crippen MR) is 69.1 cm³/mol. The van der Waals surface area contributed by atoms with E-state index >= 15 is 0 Å². The molecular weight excluding hydrogens is 337 g/mol. The number of fused-ring (bicyclic) bond motifs is 1. The number of nitrogens with two attached hydrogens (primary N) is 1. The number of ether oxygens (including phenoxy) is 1. The summed E-state index contributed by atoms with van der Waals surface area (Å²) in [5.74, 6) is -0.175. The van der Waals surface area contributed by atoms with Gasteiger partial charge in [-0.15, -0.1) is 0 Å². The highest BCUT2D eigenvalue weighted by Crippen LogP contribution is 2.16. The lowest BCUT2D eigenvalue weighted by molar-refractivity contribution is -0.143. The van der Waals surface area contributed by atoms with E-state index in [0.29, 0.717) is 21.5 Å². The molecule has 0 fully saturated rings. The van der Waals surface area contributed by atoms with E-state index in [4.69, 9.17) is 10.5 Å². The van der Waals surface area contributed by atoms with Gasteiger partial charge in [-0.3, -0.25) is 4.79 Å². The molecule has 8 heteroatoms. The normalized spacial score (nSPS) is 10.7. The van der Waals surface area contributed by atoms with Gasteiger partial charge in [-0.1, -0.05) is 0 Å². The fraction of sp³-hybridized carbons (Fsp3) is 0.333. The van der Waals surface area contributed by atoms with Crippen molar-refractivity contribution in [3.05, 3.63) is 10.0 Å². The van der Waals surface area contributed by atoms with Crippen molar-refractivity contribution in [1.82, 2.24) is 19.5 Å². The average Bonchev–Trinajstić information content (AvgIpc) is 2.62. The highest BCUT2D eigenvalue weighted by atomic mass is 127. The first-order valence-electron chi connectivity index (χ1n) is 4.91. The number of hydrogen-bond donors (Lipinski definition) is 1. The standard InChI is InChI=1S/C9H10IN5O2/c1-2-17-5(16)3-15-4-12-6-7(10)13-9(11)14-8(6)15/h4H,2-3H2,1H3,(H2,11,13,14). The fourth-order valence-corrected chi connectivity index (χ4v) is 2.01. The Balaban J connectivity index is 2.39. The van der Waals surface area contributed by atoms with Crippen molar-refractivity contribution in [3.8, 4) is 0 Å². The number of halogens is 1. The Bertz CT molecular complexity index is 568. The van der Waals surface area contributed by atoms with Crippen LogP contribution in [0.3, 0.4) is 0 Å². The van der Waals surface area contributed by atoms with Crippen LogP contribution in [0.4, 0.5) is 5.95 Å². The summed E-state index contributed by atoms with van der Waals surface area (Å²) < 4.78 is 7.11. The van der Waals surface area contributed by atoms with Crippen molar-refractivity contribution in [2.24, 2.45) is 0 Å². The third-order valence-electron chi connectivity index (χ3n) is 2.04. The third-order valence-corrected chi connectivity index (χ3v) is 2.80. The molecule has 2 N–H and O–H groups in total. The molecule has 0 spiro atoms. The lowest BCUT2D eigenvalue weighted by atomic mass is 10.5. The maximum atomic E-state index is 11.4. The summed E-state index contributed by atoms with van der Waals surface area (Å²) in [6.07, 6.45) is 1.53. The van der Waals surface area contributed by atoms with E-state index in [9.17, 15) is 4.79 Å². The number of esters is 1. The van der Waals surface area contributed by atoms with Crippen molar-refractivity contribution < 1.29 is 9.53 Å². The molecule has 2 rings (SSSR count). The molecule has 0 saturated carbocycles. The molecule has 0 saturated heterocycles. The van der Waals surface area contributed by atoms with Gasteiger partial charge in [-0.05, 0) is 29.5 Å². The van der Waals surface area contributed by atoms with E-state index < -0.39 is 0 Å². The third kappa shape index (κ3) is 2.46. The summed E-state index contributed by atoms with van der Waals surface area (Å²) in [5.41, 5.74) is 6.72. The van der Waals surface area contributed by atoms with Gasteiger partial charge >= 0.3 is 5.97 Å². The van der Waals surface area contributed by atoms with Gasteiger partial charge in [-0.2, -0.15) is 4.98 Å². The minimum atomic E-state index is -0.334. The highest BCUT2D eigenvalue weighted by Gasteiger charge is 2.12. The van der Waals surface area contributed by atoms with Crippen molar-refractivity contribution in [1.29, 1.82) is 0 Å². The number of aromatic nitrogens is 4. The van der Waals surface area contributed by atoms with E-state index in [1.54, 1.807) is 11.5 Å². The maximum Gasteiger partial charge on any atom is 0.326 e. The Morgan fingerprint density at radius 1 is 1.59 bits per heavy atom. The second kappa shape index (κ2) is 4.82. The van der Waals surface area contributed by atoms with Crippen LogP contribution in [-0.4, -0.2) is 32.1 Å². The van der Waals surface area contributed by atoms with E-state index in [1.807, 2.05) is 22.6 Å². The van der Waals surface area contributed by atoms with Crippen molar-refractivity contribution >= 4 is 45.7 Å². The predicted octanol–water partition coefficient (Wildman–Crippen LogP) is 0.576. The van der Waals surface area contributed by atoms with Crippen LogP contribution < -0.4 is 5.73 Å². The molecule has 0 aromatic carbocycles. The Labute approximate surface area is 111 Å². The van der Waals surface area contributed by atoms with Gasteiger partial charge in [0.2, 0.25) is 5.95 Å². The number of nitrogen functional groups attached to an aromatic ring is 1. The van der Waals surface area contributed by atoms with Gasteiger partial charge in [0, 0.05) is 0 Å². The fourth-order valence-electron chi connectivity index (χ4n) is 1.39. The van der Waals surface area contributed by atoms with Crippen LogP contribution in [0, 0.1) is 3.70 Å². The van der Waals surface area contributed by atoms with E-state index in [-0.39, 0.29) is 18.5 Å². The Morgan fingerprint density at radius 2 is 2.35 bits per heavy atom. The van der Waals surface area contributed by atoms with Crippen LogP contribution >= 0.6 is 22.6 Å². The first-order valence-corrected chi connectivity index (χ1v) is 5.99. The quantitative estimate of drug-likeness (QED) is 0.496. The molecular formula is C9H10IN5O2. The zero-order valence-corrected chi connectivity index (χ0v) is 11.2. The number of nitrogens with zero attached hydrogens (tertiary/aromatic N) is 4. The zero-order valence-electron chi connectivity index (χ0n) is 9.05. The van der Waals surface area contributed by atoms with Gasteiger partial charge in [0.1, 0.15) is 15.8 Å². The number of anilines is 1. The largest absolute Gasteiger partial charge is 0.465 e. The minimum Gasteiger partial charge on any atom is -0.465 e. The minimum absolute atomic E-state index is 0.0663.